The van der Waals surface area contributed by atoms with Gasteiger partial charge in [0.25, 0.3) is 0 Å². The van der Waals surface area contributed by atoms with Crippen LogP contribution in [0.15, 0.2) is 42.7 Å². The fourth-order valence-electron chi connectivity index (χ4n) is 3.31. The number of piperidine rings is 1. The normalized spacial score (nSPS) is 14.0. The summed E-state index contributed by atoms with van der Waals surface area (Å²) in [4.78, 5) is 18.2. The minimum absolute atomic E-state index is 0.254. The van der Waals surface area contributed by atoms with E-state index in [-0.39, 0.29) is 5.91 Å². The molecule has 1 aliphatic heterocycles. The van der Waals surface area contributed by atoms with Gasteiger partial charge in [0.05, 0.1) is 7.11 Å². The van der Waals surface area contributed by atoms with Gasteiger partial charge in [-0.05, 0) is 54.7 Å². The molecule has 1 aromatic carbocycles. The molecule has 28 heavy (non-hydrogen) atoms. The lowest BCUT2D eigenvalue weighted by Crippen LogP contribution is -2.37. The lowest BCUT2D eigenvalue weighted by Gasteiger charge is -2.26. The highest BCUT2D eigenvalue weighted by Crippen LogP contribution is 2.28. The molecule has 0 aliphatic carbocycles. The van der Waals surface area contributed by atoms with Crippen molar-refractivity contribution in [3.63, 3.8) is 0 Å². The van der Waals surface area contributed by atoms with Crippen LogP contribution in [0.4, 0.5) is 0 Å². The molecule has 6 heteroatoms. The number of nitrogens with one attached hydrogen (secondary N) is 1. The standard InChI is InChI=1S/C22H29N3O3/c1-27-21-15-19(5-6-20(21)28-17-18-7-10-23-11-8-18)16-24-12-9-22(26)25-13-3-2-4-14-25/h5-8,10-11,15,24H,2-4,9,12-14,16-17H2,1H3. The number of hydrogen-bond donors (Lipinski definition) is 1. The molecule has 2 aromatic rings. The number of ether oxygens (including phenoxy) is 2. The van der Waals surface area contributed by atoms with E-state index >= 15 is 0 Å². The molecule has 1 saturated heterocycles. The summed E-state index contributed by atoms with van der Waals surface area (Å²) in [6, 6.07) is 9.77. The summed E-state index contributed by atoms with van der Waals surface area (Å²) >= 11 is 0. The Kier molecular flexibility index (Phi) is 7.67. The van der Waals surface area contributed by atoms with Gasteiger partial charge < -0.3 is 19.7 Å². The minimum atomic E-state index is 0.254. The summed E-state index contributed by atoms with van der Waals surface area (Å²) < 4.78 is 11.3. The zero-order chi connectivity index (χ0) is 19.6. The van der Waals surface area contributed by atoms with Crippen LogP contribution in [-0.4, -0.2) is 42.5 Å². The van der Waals surface area contributed by atoms with E-state index in [1.807, 2.05) is 35.2 Å². The van der Waals surface area contributed by atoms with Gasteiger partial charge in [-0.1, -0.05) is 6.07 Å². The Morgan fingerprint density at radius 2 is 1.86 bits per heavy atom. The summed E-state index contributed by atoms with van der Waals surface area (Å²) in [5, 5.41) is 3.35. The van der Waals surface area contributed by atoms with Crippen molar-refractivity contribution in [1.82, 2.24) is 15.2 Å². The summed E-state index contributed by atoms with van der Waals surface area (Å²) in [6.07, 6.45) is 7.56. The van der Waals surface area contributed by atoms with Gasteiger partial charge in [0.15, 0.2) is 11.5 Å². The molecule has 0 bridgehead atoms. The zero-order valence-electron chi connectivity index (χ0n) is 16.5. The van der Waals surface area contributed by atoms with Crippen molar-refractivity contribution >= 4 is 5.91 Å². The molecule has 6 nitrogen and oxygen atoms in total. The molecule has 1 fully saturated rings. The van der Waals surface area contributed by atoms with Gasteiger partial charge in [0.2, 0.25) is 5.91 Å². The van der Waals surface area contributed by atoms with E-state index in [2.05, 4.69) is 10.3 Å². The highest BCUT2D eigenvalue weighted by atomic mass is 16.5. The number of rotatable bonds is 9. The van der Waals surface area contributed by atoms with Gasteiger partial charge in [-0.3, -0.25) is 9.78 Å². The van der Waals surface area contributed by atoms with E-state index in [1.165, 1.54) is 6.42 Å². The molecule has 0 radical (unpaired) electrons. The zero-order valence-corrected chi connectivity index (χ0v) is 16.5. The summed E-state index contributed by atoms with van der Waals surface area (Å²) in [6.45, 7) is 3.66. The molecule has 2 heterocycles. The second kappa shape index (κ2) is 10.7. The van der Waals surface area contributed by atoms with Crippen LogP contribution in [0.3, 0.4) is 0 Å². The molecule has 0 spiro atoms. The second-order valence-corrected chi connectivity index (χ2v) is 7.00. The predicted octanol–water partition coefficient (Wildman–Crippen LogP) is 3.16. The highest BCUT2D eigenvalue weighted by Gasteiger charge is 2.15. The molecule has 150 valence electrons. The molecule has 1 aromatic heterocycles. The van der Waals surface area contributed by atoms with E-state index in [4.69, 9.17) is 9.47 Å². The van der Waals surface area contributed by atoms with Crippen molar-refractivity contribution in [3.05, 3.63) is 53.9 Å². The first-order valence-corrected chi connectivity index (χ1v) is 9.93. The summed E-state index contributed by atoms with van der Waals surface area (Å²) in [5.41, 5.74) is 2.15. The SMILES string of the molecule is COc1cc(CNCCC(=O)N2CCCCC2)ccc1OCc1ccncc1. The Morgan fingerprint density at radius 3 is 2.61 bits per heavy atom. The van der Waals surface area contributed by atoms with Crippen molar-refractivity contribution in [1.29, 1.82) is 0 Å². The third kappa shape index (κ3) is 5.96. The lowest BCUT2D eigenvalue weighted by molar-refractivity contribution is -0.131. The Balaban J connectivity index is 1.44. The summed E-state index contributed by atoms with van der Waals surface area (Å²) in [5.74, 6) is 1.67. The van der Waals surface area contributed by atoms with Crippen LogP contribution in [0.25, 0.3) is 0 Å². The number of methoxy groups -OCH3 is 1. The average Bonchev–Trinajstić information content (AvgIpc) is 2.76. The van der Waals surface area contributed by atoms with E-state index in [1.54, 1.807) is 19.5 Å². The number of amides is 1. The van der Waals surface area contributed by atoms with Crippen LogP contribution in [0.5, 0.6) is 11.5 Å². The first kappa shape index (κ1) is 20.1. The minimum Gasteiger partial charge on any atom is -0.493 e. The first-order chi connectivity index (χ1) is 13.8. The van der Waals surface area contributed by atoms with Crippen LogP contribution in [0.2, 0.25) is 0 Å². The third-order valence-electron chi connectivity index (χ3n) is 4.93. The monoisotopic (exact) mass is 383 g/mol. The number of benzene rings is 1. The highest BCUT2D eigenvalue weighted by molar-refractivity contribution is 5.76. The molecule has 0 saturated carbocycles. The van der Waals surface area contributed by atoms with Crippen LogP contribution >= 0.6 is 0 Å². The molecular formula is C22H29N3O3. The van der Waals surface area contributed by atoms with Crippen molar-refractivity contribution in [2.75, 3.05) is 26.7 Å². The molecular weight excluding hydrogens is 354 g/mol. The molecule has 1 N–H and O–H groups in total. The largest absolute Gasteiger partial charge is 0.493 e. The van der Waals surface area contributed by atoms with Gasteiger partial charge in [-0.25, -0.2) is 0 Å². The van der Waals surface area contributed by atoms with Crippen LogP contribution in [0, 0.1) is 0 Å². The molecule has 1 aliphatic rings. The van der Waals surface area contributed by atoms with E-state index < -0.39 is 0 Å². The van der Waals surface area contributed by atoms with Gasteiger partial charge in [0, 0.05) is 45.0 Å². The molecule has 3 rings (SSSR count). The average molecular weight is 383 g/mol. The number of hydrogen-bond acceptors (Lipinski definition) is 5. The van der Waals surface area contributed by atoms with E-state index in [0.29, 0.717) is 37.6 Å². The maximum absolute atomic E-state index is 12.2. The molecule has 0 atom stereocenters. The maximum Gasteiger partial charge on any atom is 0.223 e. The van der Waals surface area contributed by atoms with Gasteiger partial charge >= 0.3 is 0 Å². The lowest BCUT2D eigenvalue weighted by atomic mass is 10.1. The van der Waals surface area contributed by atoms with Gasteiger partial charge in [-0.15, -0.1) is 0 Å². The second-order valence-electron chi connectivity index (χ2n) is 7.00. The van der Waals surface area contributed by atoms with Gasteiger partial charge in [-0.2, -0.15) is 0 Å². The number of aromatic nitrogens is 1. The fraction of sp³-hybridized carbons (Fsp3) is 0.455. The topological polar surface area (TPSA) is 63.7 Å². The van der Waals surface area contributed by atoms with Crippen molar-refractivity contribution in [2.24, 2.45) is 0 Å². The number of pyridine rings is 1. The molecule has 0 unspecified atom stereocenters. The van der Waals surface area contributed by atoms with Crippen molar-refractivity contribution in [2.45, 2.75) is 38.8 Å². The number of nitrogens with zero attached hydrogens (tertiary/aromatic N) is 2. The summed E-state index contributed by atoms with van der Waals surface area (Å²) in [7, 11) is 1.64. The van der Waals surface area contributed by atoms with Gasteiger partial charge in [0.1, 0.15) is 6.61 Å². The fourth-order valence-corrected chi connectivity index (χ4v) is 3.31. The number of carbonyl (C=O) groups is 1. The smallest absolute Gasteiger partial charge is 0.223 e. The number of likely N-dealkylation sites (tertiary alicyclic amines) is 1. The quantitative estimate of drug-likeness (QED) is 0.674. The van der Waals surface area contributed by atoms with Crippen molar-refractivity contribution < 1.29 is 14.3 Å². The van der Waals surface area contributed by atoms with Crippen LogP contribution in [0.1, 0.15) is 36.8 Å². The Hall–Kier alpha value is -2.60. The number of carbonyl (C=O) groups excluding carboxylic acids is 1. The van der Waals surface area contributed by atoms with Crippen LogP contribution in [-0.2, 0) is 17.9 Å². The van der Waals surface area contributed by atoms with E-state index in [9.17, 15) is 4.79 Å². The van der Waals surface area contributed by atoms with Crippen molar-refractivity contribution in [3.8, 4) is 11.5 Å². The Labute approximate surface area is 166 Å². The van der Waals surface area contributed by atoms with Crippen LogP contribution < -0.4 is 14.8 Å². The maximum atomic E-state index is 12.2. The Bertz CT molecular complexity index is 746. The first-order valence-electron chi connectivity index (χ1n) is 9.93. The van der Waals surface area contributed by atoms with E-state index in [0.717, 1.165) is 37.1 Å². The Morgan fingerprint density at radius 1 is 1.07 bits per heavy atom. The predicted molar refractivity (Wildman–Crippen MR) is 108 cm³/mol. The third-order valence-corrected chi connectivity index (χ3v) is 4.93. The molecule has 1 amide bonds.